The summed E-state index contributed by atoms with van der Waals surface area (Å²) in [6.45, 7) is 0.221. The Morgan fingerprint density at radius 1 is 1.48 bits per heavy atom. The highest BCUT2D eigenvalue weighted by molar-refractivity contribution is 7.89. The number of benzene rings is 1. The van der Waals surface area contributed by atoms with Crippen molar-refractivity contribution in [3.05, 3.63) is 28.3 Å². The number of nitro groups is 1. The molecule has 1 aromatic carbocycles. The van der Waals surface area contributed by atoms with Crippen LogP contribution in [0, 0.1) is 16.0 Å². The van der Waals surface area contributed by atoms with Crippen LogP contribution in [0.15, 0.2) is 23.1 Å². The van der Waals surface area contributed by atoms with Crippen LogP contribution in [0.1, 0.15) is 12.8 Å². The van der Waals surface area contributed by atoms with Gasteiger partial charge in [-0.25, -0.2) is 8.42 Å². The Morgan fingerprint density at radius 3 is 2.52 bits per heavy atom. The highest BCUT2D eigenvalue weighted by Gasteiger charge is 2.38. The highest BCUT2D eigenvalue weighted by atomic mass is 35.5. The van der Waals surface area contributed by atoms with Gasteiger partial charge in [-0.05, 0) is 30.9 Å². The lowest BCUT2D eigenvalue weighted by Crippen LogP contribution is -2.43. The van der Waals surface area contributed by atoms with E-state index in [0.29, 0.717) is 0 Å². The summed E-state index contributed by atoms with van der Waals surface area (Å²) in [6, 6.07) is 3.32. The van der Waals surface area contributed by atoms with Crippen LogP contribution in [-0.2, 0) is 10.0 Å². The Labute approximate surface area is 141 Å². The first-order chi connectivity index (χ1) is 10.3. The molecular weight excluding hydrogens is 346 g/mol. The molecule has 2 N–H and O–H groups in total. The monoisotopic (exact) mass is 365 g/mol. The van der Waals surface area contributed by atoms with Gasteiger partial charge in [0.15, 0.2) is 5.75 Å². The number of halogens is 1. The van der Waals surface area contributed by atoms with Crippen molar-refractivity contribution in [2.45, 2.75) is 23.8 Å². The van der Waals surface area contributed by atoms with Crippen LogP contribution in [0.2, 0.25) is 0 Å². The van der Waals surface area contributed by atoms with Gasteiger partial charge in [0.25, 0.3) is 0 Å². The Bertz CT molecular complexity index is 678. The molecule has 1 unspecified atom stereocenters. The molecule has 130 valence electrons. The number of rotatable bonds is 7. The molecule has 0 radical (unpaired) electrons. The van der Waals surface area contributed by atoms with Crippen LogP contribution in [-0.4, -0.2) is 44.4 Å². The number of nitro benzene ring substituents is 1. The molecule has 0 heterocycles. The second-order valence-electron chi connectivity index (χ2n) is 5.25. The molecule has 1 aliphatic carbocycles. The van der Waals surface area contributed by atoms with Gasteiger partial charge >= 0.3 is 5.69 Å². The number of nitrogens with two attached hydrogens (primary N) is 1. The molecule has 0 bridgehead atoms. The first-order valence-electron chi connectivity index (χ1n) is 6.83. The van der Waals surface area contributed by atoms with Gasteiger partial charge in [0.2, 0.25) is 10.0 Å². The van der Waals surface area contributed by atoms with Crippen LogP contribution in [0.4, 0.5) is 5.69 Å². The van der Waals surface area contributed by atoms with Gasteiger partial charge in [0, 0.05) is 25.7 Å². The number of nitrogens with zero attached hydrogens (tertiary/aromatic N) is 2. The van der Waals surface area contributed by atoms with Crippen molar-refractivity contribution in [2.24, 2.45) is 11.7 Å². The van der Waals surface area contributed by atoms with E-state index in [0.717, 1.165) is 18.9 Å². The van der Waals surface area contributed by atoms with Crippen LogP contribution in [0.3, 0.4) is 0 Å². The van der Waals surface area contributed by atoms with E-state index in [1.54, 1.807) is 0 Å². The third-order valence-corrected chi connectivity index (χ3v) is 5.78. The topological polar surface area (TPSA) is 116 Å². The molecule has 1 aliphatic rings. The first-order valence-corrected chi connectivity index (χ1v) is 8.27. The maximum absolute atomic E-state index is 12.6. The summed E-state index contributed by atoms with van der Waals surface area (Å²) < 4.78 is 31.4. The molecule has 1 aromatic rings. The van der Waals surface area contributed by atoms with Gasteiger partial charge in [0.05, 0.1) is 16.9 Å². The summed E-state index contributed by atoms with van der Waals surface area (Å²) in [4.78, 5) is 10.2. The fourth-order valence-corrected chi connectivity index (χ4v) is 3.88. The second kappa shape index (κ2) is 7.43. The summed E-state index contributed by atoms with van der Waals surface area (Å²) in [5, 5.41) is 11.0. The summed E-state index contributed by atoms with van der Waals surface area (Å²) in [5.41, 5.74) is 5.30. The summed E-state index contributed by atoms with van der Waals surface area (Å²) in [7, 11) is -1.09. The molecule has 1 atom stereocenters. The van der Waals surface area contributed by atoms with Crippen molar-refractivity contribution in [3.8, 4) is 5.75 Å². The third-order valence-electron chi connectivity index (χ3n) is 3.90. The van der Waals surface area contributed by atoms with Crippen LogP contribution < -0.4 is 10.5 Å². The van der Waals surface area contributed by atoms with Gasteiger partial charge in [-0.3, -0.25) is 10.1 Å². The van der Waals surface area contributed by atoms with E-state index in [1.807, 2.05) is 0 Å². The number of hydrogen-bond acceptors (Lipinski definition) is 6. The number of sulfonamides is 1. The number of hydrogen-bond donors (Lipinski definition) is 1. The largest absolute Gasteiger partial charge is 0.490 e. The SMILES string of the molecule is COc1ccc(S(=O)(=O)N(C)C(CN)C2CC2)cc1[N+](=O)[O-].Cl. The fourth-order valence-electron chi connectivity index (χ4n) is 2.44. The molecule has 1 saturated carbocycles. The molecule has 0 aromatic heterocycles. The van der Waals surface area contributed by atoms with Crippen molar-refractivity contribution in [3.63, 3.8) is 0 Å². The van der Waals surface area contributed by atoms with E-state index in [-0.39, 0.29) is 47.2 Å². The number of likely N-dealkylation sites (N-methyl/N-ethyl adjacent to an activating group) is 1. The Morgan fingerprint density at radius 2 is 2.09 bits per heavy atom. The summed E-state index contributed by atoms with van der Waals surface area (Å²) in [5.74, 6) is 0.280. The van der Waals surface area contributed by atoms with Crippen LogP contribution >= 0.6 is 12.4 Å². The predicted octanol–water partition coefficient (Wildman–Crippen LogP) is 1.38. The molecule has 8 nitrogen and oxygen atoms in total. The summed E-state index contributed by atoms with van der Waals surface area (Å²) >= 11 is 0. The minimum atomic E-state index is -3.84. The fraction of sp³-hybridized carbons (Fsp3) is 0.538. The lowest BCUT2D eigenvalue weighted by atomic mass is 10.2. The van der Waals surface area contributed by atoms with E-state index >= 15 is 0 Å². The Hall–Kier alpha value is -1.42. The number of methoxy groups -OCH3 is 1. The molecule has 2 rings (SSSR count). The van der Waals surface area contributed by atoms with Crippen molar-refractivity contribution < 1.29 is 18.1 Å². The third kappa shape index (κ3) is 3.92. The first kappa shape index (κ1) is 19.6. The minimum absolute atomic E-state index is 0. The lowest BCUT2D eigenvalue weighted by molar-refractivity contribution is -0.386. The maximum atomic E-state index is 12.6. The van der Waals surface area contributed by atoms with Gasteiger partial charge in [0.1, 0.15) is 0 Å². The lowest BCUT2D eigenvalue weighted by Gasteiger charge is -2.26. The van der Waals surface area contributed by atoms with Gasteiger partial charge in [-0.2, -0.15) is 4.31 Å². The molecule has 0 amide bonds. The predicted molar refractivity (Wildman–Crippen MR) is 87.4 cm³/mol. The van der Waals surface area contributed by atoms with E-state index < -0.39 is 14.9 Å². The van der Waals surface area contributed by atoms with Crippen molar-refractivity contribution in [1.29, 1.82) is 0 Å². The van der Waals surface area contributed by atoms with Gasteiger partial charge in [-0.1, -0.05) is 0 Å². The molecule has 1 fully saturated rings. The highest BCUT2D eigenvalue weighted by Crippen LogP contribution is 2.37. The second-order valence-corrected chi connectivity index (χ2v) is 7.25. The zero-order chi connectivity index (χ0) is 16.5. The average molecular weight is 366 g/mol. The smallest absolute Gasteiger partial charge is 0.312 e. The van der Waals surface area contributed by atoms with Crippen molar-refractivity contribution in [1.82, 2.24) is 4.31 Å². The van der Waals surface area contributed by atoms with E-state index in [4.69, 9.17) is 10.5 Å². The minimum Gasteiger partial charge on any atom is -0.490 e. The zero-order valence-electron chi connectivity index (χ0n) is 12.8. The van der Waals surface area contributed by atoms with Crippen LogP contribution in [0.5, 0.6) is 5.75 Å². The van der Waals surface area contributed by atoms with Gasteiger partial charge in [-0.15, -0.1) is 12.4 Å². The quantitative estimate of drug-likeness (QED) is 0.576. The molecule has 0 spiro atoms. The van der Waals surface area contributed by atoms with E-state index in [9.17, 15) is 18.5 Å². The van der Waals surface area contributed by atoms with Gasteiger partial charge < -0.3 is 10.5 Å². The molecule has 0 aliphatic heterocycles. The molecule has 10 heteroatoms. The molecule has 23 heavy (non-hydrogen) atoms. The van der Waals surface area contributed by atoms with Crippen molar-refractivity contribution in [2.75, 3.05) is 20.7 Å². The zero-order valence-corrected chi connectivity index (χ0v) is 14.5. The molecular formula is C13H20ClN3O5S. The summed E-state index contributed by atoms with van der Waals surface area (Å²) in [6.07, 6.45) is 1.90. The maximum Gasteiger partial charge on any atom is 0.312 e. The average Bonchev–Trinajstić information content (AvgIpc) is 3.31. The van der Waals surface area contributed by atoms with E-state index in [1.165, 1.54) is 30.6 Å². The normalized spacial score (nSPS) is 15.8. The van der Waals surface area contributed by atoms with Crippen LogP contribution in [0.25, 0.3) is 0 Å². The Balaban J connectivity index is 0.00000264. The molecule has 0 saturated heterocycles. The van der Waals surface area contributed by atoms with E-state index in [2.05, 4.69) is 0 Å². The Kier molecular flexibility index (Phi) is 6.34. The van der Waals surface area contributed by atoms with Crippen molar-refractivity contribution >= 4 is 28.1 Å². The standard InChI is InChI=1S/C13H19N3O5S.ClH/c1-15(12(8-14)9-3-4-9)22(19,20)10-5-6-13(21-2)11(7-10)16(17)18;/h5-7,9,12H,3-4,8,14H2,1-2H3;1H. The number of ether oxygens (including phenoxy) is 1.